The Hall–Kier alpha value is -1.71. The predicted octanol–water partition coefficient (Wildman–Crippen LogP) is 2.37. The maximum Gasteiger partial charge on any atom is 0.111 e. The van der Waals surface area contributed by atoms with E-state index in [2.05, 4.69) is 16.0 Å². The van der Waals surface area contributed by atoms with Gasteiger partial charge in [-0.3, -0.25) is 0 Å². The van der Waals surface area contributed by atoms with Gasteiger partial charge in [0.05, 0.1) is 17.5 Å². The van der Waals surface area contributed by atoms with Gasteiger partial charge < -0.3 is 14.8 Å². The quantitative estimate of drug-likeness (QED) is 0.735. The van der Waals surface area contributed by atoms with Crippen LogP contribution >= 0.6 is 0 Å². The van der Waals surface area contributed by atoms with E-state index in [9.17, 15) is 5.21 Å². The average molecular weight is 216 g/mol. The van der Waals surface area contributed by atoms with Crippen molar-refractivity contribution in [2.45, 2.75) is 19.3 Å². The smallest absolute Gasteiger partial charge is 0.111 e. The third-order valence-corrected chi connectivity index (χ3v) is 3.22. The monoisotopic (exact) mass is 216 g/mol. The van der Waals surface area contributed by atoms with Gasteiger partial charge in [-0.05, 0) is 31.4 Å². The molecule has 0 bridgehead atoms. The summed E-state index contributed by atoms with van der Waals surface area (Å²) in [6.07, 6.45) is 5.11. The number of anilines is 1. The maximum atomic E-state index is 11.4. The fraction of sp³-hybridized carbons (Fsp3) is 0.417. The van der Waals surface area contributed by atoms with Crippen molar-refractivity contribution in [1.29, 1.82) is 0 Å². The Morgan fingerprint density at radius 2 is 1.94 bits per heavy atom. The Bertz CT molecular complexity index is 500. The minimum atomic E-state index is 0.670. The summed E-state index contributed by atoms with van der Waals surface area (Å²) in [7, 11) is 0. The molecule has 0 spiro atoms. The number of fused-ring (bicyclic) bond motifs is 1. The van der Waals surface area contributed by atoms with Gasteiger partial charge in [-0.2, -0.15) is 0 Å². The van der Waals surface area contributed by atoms with E-state index in [0.717, 1.165) is 29.0 Å². The van der Waals surface area contributed by atoms with Crippen molar-refractivity contribution >= 4 is 16.7 Å². The van der Waals surface area contributed by atoms with Gasteiger partial charge in [0.1, 0.15) is 5.52 Å². The summed E-state index contributed by atoms with van der Waals surface area (Å²) in [6.45, 7) is 2.15. The lowest BCUT2D eigenvalue weighted by Gasteiger charge is -2.29. The summed E-state index contributed by atoms with van der Waals surface area (Å²) in [6, 6.07) is 5.81. The molecule has 1 aliphatic rings. The molecular formula is C12H14N3O-. The average Bonchev–Trinajstić information content (AvgIpc) is 2.73. The number of hydrogen-bond donors (Lipinski definition) is 0. The standard InChI is InChI=1S/C12H14N3O/c16-15-9-13-12-10(5-4-6-11(12)15)14-7-2-1-3-8-14/h4-6,9H,1-3,7-8H2/q-1. The van der Waals surface area contributed by atoms with Crippen LogP contribution < -0.4 is 4.90 Å². The second kappa shape index (κ2) is 3.70. The van der Waals surface area contributed by atoms with Crippen LogP contribution in [0, 0.1) is 5.21 Å². The van der Waals surface area contributed by atoms with E-state index < -0.39 is 0 Å². The molecular weight excluding hydrogens is 202 g/mol. The second-order valence-electron chi connectivity index (χ2n) is 4.26. The molecule has 0 saturated carbocycles. The molecule has 0 amide bonds. The summed E-state index contributed by atoms with van der Waals surface area (Å²) < 4.78 is 0.836. The SMILES string of the molecule is [O-]n1cnc2c(N3CCCCC3)cccc21. The van der Waals surface area contributed by atoms with E-state index in [4.69, 9.17) is 0 Å². The fourth-order valence-electron chi connectivity index (χ4n) is 2.39. The van der Waals surface area contributed by atoms with Crippen molar-refractivity contribution < 1.29 is 0 Å². The number of rotatable bonds is 1. The van der Waals surface area contributed by atoms with E-state index in [1.807, 2.05) is 12.1 Å². The Kier molecular flexibility index (Phi) is 2.20. The first-order chi connectivity index (χ1) is 7.86. The van der Waals surface area contributed by atoms with Gasteiger partial charge in [-0.25, -0.2) is 4.98 Å². The Morgan fingerprint density at radius 3 is 2.75 bits per heavy atom. The molecule has 1 aromatic heterocycles. The van der Waals surface area contributed by atoms with Crippen molar-refractivity contribution in [2.24, 2.45) is 0 Å². The van der Waals surface area contributed by atoms with Crippen LogP contribution in [0.2, 0.25) is 0 Å². The Labute approximate surface area is 94.1 Å². The van der Waals surface area contributed by atoms with Gasteiger partial charge in [-0.15, -0.1) is 0 Å². The Balaban J connectivity index is 2.08. The molecule has 1 saturated heterocycles. The van der Waals surface area contributed by atoms with Gasteiger partial charge in [0.2, 0.25) is 0 Å². The third kappa shape index (κ3) is 1.41. The van der Waals surface area contributed by atoms with Crippen LogP contribution in [0.25, 0.3) is 11.0 Å². The van der Waals surface area contributed by atoms with Crippen molar-refractivity contribution in [3.63, 3.8) is 0 Å². The topological polar surface area (TPSA) is 44.1 Å². The molecule has 3 rings (SSSR count). The first kappa shape index (κ1) is 9.51. The number of benzene rings is 1. The number of para-hydroxylation sites is 1. The van der Waals surface area contributed by atoms with E-state index in [1.54, 1.807) is 0 Å². The molecule has 0 unspecified atom stereocenters. The molecule has 4 nitrogen and oxygen atoms in total. The summed E-state index contributed by atoms with van der Waals surface area (Å²) in [5.41, 5.74) is 2.61. The van der Waals surface area contributed by atoms with Crippen LogP contribution in [0.1, 0.15) is 19.3 Å². The highest BCUT2D eigenvalue weighted by Crippen LogP contribution is 2.27. The first-order valence-electron chi connectivity index (χ1n) is 5.75. The molecule has 2 aromatic rings. The highest BCUT2D eigenvalue weighted by Gasteiger charge is 2.14. The van der Waals surface area contributed by atoms with Crippen LogP contribution in [0.3, 0.4) is 0 Å². The first-order valence-corrected chi connectivity index (χ1v) is 5.75. The highest BCUT2D eigenvalue weighted by atomic mass is 16.5. The number of imidazole rings is 1. The molecule has 0 N–H and O–H groups in total. The second-order valence-corrected chi connectivity index (χ2v) is 4.26. The maximum absolute atomic E-state index is 11.4. The van der Waals surface area contributed by atoms with Gasteiger partial charge >= 0.3 is 0 Å². The molecule has 0 radical (unpaired) electrons. The van der Waals surface area contributed by atoms with Crippen LogP contribution in [0.5, 0.6) is 0 Å². The van der Waals surface area contributed by atoms with Gasteiger partial charge in [-0.1, -0.05) is 6.07 Å². The molecule has 1 aliphatic heterocycles. The summed E-state index contributed by atoms with van der Waals surface area (Å²) >= 11 is 0. The van der Waals surface area contributed by atoms with Crippen molar-refractivity contribution in [3.05, 3.63) is 29.7 Å². The van der Waals surface area contributed by atoms with E-state index >= 15 is 0 Å². The highest BCUT2D eigenvalue weighted by molar-refractivity contribution is 5.89. The molecule has 4 heteroatoms. The van der Waals surface area contributed by atoms with Crippen LogP contribution in [-0.4, -0.2) is 22.8 Å². The lowest BCUT2D eigenvalue weighted by molar-refractivity contribution is 0.579. The number of aromatic nitrogens is 2. The molecule has 0 aliphatic carbocycles. The zero-order chi connectivity index (χ0) is 11.0. The molecule has 1 aromatic carbocycles. The molecule has 1 fully saturated rings. The zero-order valence-electron chi connectivity index (χ0n) is 9.09. The minimum Gasteiger partial charge on any atom is -0.805 e. The van der Waals surface area contributed by atoms with Gasteiger partial charge in [0, 0.05) is 13.1 Å². The van der Waals surface area contributed by atoms with Crippen molar-refractivity contribution in [2.75, 3.05) is 18.0 Å². The van der Waals surface area contributed by atoms with Gasteiger partial charge in [0.15, 0.2) is 0 Å². The summed E-state index contributed by atoms with van der Waals surface area (Å²) in [5.74, 6) is 0. The van der Waals surface area contributed by atoms with Crippen LogP contribution in [0.4, 0.5) is 5.69 Å². The van der Waals surface area contributed by atoms with Crippen LogP contribution in [-0.2, 0) is 0 Å². The normalized spacial score (nSPS) is 16.9. The van der Waals surface area contributed by atoms with E-state index in [1.165, 1.54) is 25.6 Å². The van der Waals surface area contributed by atoms with E-state index in [0.29, 0.717) is 5.52 Å². The molecule has 2 heterocycles. The van der Waals surface area contributed by atoms with Crippen molar-refractivity contribution in [3.8, 4) is 0 Å². The van der Waals surface area contributed by atoms with Crippen LogP contribution in [0.15, 0.2) is 24.5 Å². The largest absolute Gasteiger partial charge is 0.805 e. The lowest BCUT2D eigenvalue weighted by atomic mass is 10.1. The lowest BCUT2D eigenvalue weighted by Crippen LogP contribution is -2.29. The number of piperidine rings is 1. The Morgan fingerprint density at radius 1 is 1.12 bits per heavy atom. The fourth-order valence-corrected chi connectivity index (χ4v) is 2.39. The van der Waals surface area contributed by atoms with Crippen molar-refractivity contribution in [1.82, 2.24) is 9.71 Å². The zero-order valence-corrected chi connectivity index (χ0v) is 9.09. The number of nitrogens with zero attached hydrogens (tertiary/aromatic N) is 3. The summed E-state index contributed by atoms with van der Waals surface area (Å²) in [4.78, 5) is 6.53. The predicted molar refractivity (Wildman–Crippen MR) is 64.6 cm³/mol. The number of hydrogen-bond acceptors (Lipinski definition) is 3. The minimum absolute atomic E-state index is 0.670. The third-order valence-electron chi connectivity index (χ3n) is 3.22. The molecule has 0 atom stereocenters. The molecule has 16 heavy (non-hydrogen) atoms. The molecule has 84 valence electrons. The van der Waals surface area contributed by atoms with E-state index in [-0.39, 0.29) is 0 Å². The van der Waals surface area contributed by atoms with Gasteiger partial charge in [0.25, 0.3) is 0 Å². The summed E-state index contributed by atoms with van der Waals surface area (Å²) in [5, 5.41) is 11.4.